The fraction of sp³-hybridized carbons (Fsp3) is 0.500. The highest BCUT2D eigenvalue weighted by molar-refractivity contribution is 6.04. The lowest BCUT2D eigenvalue weighted by Gasteiger charge is -1.97. The lowest BCUT2D eigenvalue weighted by molar-refractivity contribution is -0.118. The van der Waals surface area contributed by atoms with Crippen LogP contribution in [0.2, 0.25) is 0 Å². The number of aliphatic imine (C=N–C) groups is 1. The van der Waals surface area contributed by atoms with Gasteiger partial charge < -0.3 is 10.7 Å². The molecule has 0 aromatic carbocycles. The predicted molar refractivity (Wildman–Crippen MR) is 77.7 cm³/mol. The Hall–Kier alpha value is -1.91. The number of H-pyrrole nitrogens is 1. The first-order valence-corrected chi connectivity index (χ1v) is 6.64. The summed E-state index contributed by atoms with van der Waals surface area (Å²) in [6.07, 6.45) is 5.29. The van der Waals surface area contributed by atoms with Gasteiger partial charge in [0.1, 0.15) is 11.7 Å². The molecule has 0 spiro atoms. The van der Waals surface area contributed by atoms with Gasteiger partial charge >= 0.3 is 0 Å². The van der Waals surface area contributed by atoms with Gasteiger partial charge in [0.15, 0.2) is 0 Å². The number of nitrogens with one attached hydrogen (secondary N) is 1. The molecule has 1 aromatic heterocycles. The topological polar surface area (TPSA) is 84.1 Å². The van der Waals surface area contributed by atoms with Gasteiger partial charge in [-0.05, 0) is 38.3 Å². The van der Waals surface area contributed by atoms with Gasteiger partial charge in [0.05, 0.1) is 0 Å². The number of allylic oxidation sites excluding steroid dienone is 1. The van der Waals surface area contributed by atoms with Gasteiger partial charge in [-0.2, -0.15) is 4.99 Å². The van der Waals surface area contributed by atoms with E-state index in [-0.39, 0.29) is 17.7 Å². The zero-order chi connectivity index (χ0) is 14.4. The summed E-state index contributed by atoms with van der Waals surface area (Å²) in [4.78, 5) is 22.5. The first-order chi connectivity index (χ1) is 9.06. The van der Waals surface area contributed by atoms with Crippen molar-refractivity contribution >= 4 is 17.3 Å². The molecule has 1 saturated carbocycles. The lowest BCUT2D eigenvalue weighted by Crippen LogP contribution is -2.12. The number of rotatable bonds is 3. The third-order valence-electron chi connectivity index (χ3n) is 2.61. The second-order valence-electron chi connectivity index (χ2n) is 4.39. The molecule has 2 rings (SSSR count). The zero-order valence-electron chi connectivity index (χ0n) is 12.0. The molecule has 1 aliphatic rings. The Balaban J connectivity index is 0.000000861. The van der Waals surface area contributed by atoms with E-state index in [1.54, 1.807) is 12.3 Å². The largest absolute Gasteiger partial charge is 0.384 e. The molecular formula is C14H22N4O. The molecule has 3 N–H and O–H groups in total. The molecule has 19 heavy (non-hydrogen) atoms. The molecule has 0 unspecified atom stereocenters. The van der Waals surface area contributed by atoms with Gasteiger partial charge in [-0.15, -0.1) is 0 Å². The molecule has 0 aliphatic heterocycles. The van der Waals surface area contributed by atoms with Crippen molar-refractivity contribution in [2.24, 2.45) is 16.6 Å². The Bertz CT molecular complexity index is 495. The van der Waals surface area contributed by atoms with E-state index in [0.717, 1.165) is 29.9 Å². The van der Waals surface area contributed by atoms with Crippen molar-refractivity contribution in [2.45, 2.75) is 40.5 Å². The highest BCUT2D eigenvalue weighted by Gasteiger charge is 2.29. The summed E-state index contributed by atoms with van der Waals surface area (Å²) in [6.45, 7) is 7.81. The number of nitrogens with zero attached hydrogens (tertiary/aromatic N) is 2. The molecule has 1 aliphatic carbocycles. The van der Waals surface area contributed by atoms with Crippen molar-refractivity contribution in [1.29, 1.82) is 0 Å². The second-order valence-corrected chi connectivity index (χ2v) is 4.39. The van der Waals surface area contributed by atoms with Crippen molar-refractivity contribution in [3.63, 3.8) is 0 Å². The first kappa shape index (κ1) is 15.1. The molecule has 0 saturated heterocycles. The van der Waals surface area contributed by atoms with Crippen molar-refractivity contribution in [3.8, 4) is 0 Å². The summed E-state index contributed by atoms with van der Waals surface area (Å²) in [7, 11) is 0. The maximum Gasteiger partial charge on any atom is 0.250 e. The van der Waals surface area contributed by atoms with E-state index in [9.17, 15) is 4.79 Å². The Morgan fingerprint density at radius 3 is 2.63 bits per heavy atom. The highest BCUT2D eigenvalue weighted by atomic mass is 16.1. The molecular weight excluding hydrogens is 240 g/mol. The number of amidine groups is 1. The van der Waals surface area contributed by atoms with Gasteiger partial charge in [0.2, 0.25) is 0 Å². The average Bonchev–Trinajstić information content (AvgIpc) is 3.14. The number of nitrogens with two attached hydrogens (primary N) is 1. The summed E-state index contributed by atoms with van der Waals surface area (Å²) in [5, 5.41) is 0. The van der Waals surface area contributed by atoms with Gasteiger partial charge in [-0.1, -0.05) is 13.8 Å². The van der Waals surface area contributed by atoms with Crippen LogP contribution in [0, 0.1) is 12.8 Å². The normalized spacial score (nSPS) is 15.8. The van der Waals surface area contributed by atoms with Crippen molar-refractivity contribution in [1.82, 2.24) is 9.97 Å². The van der Waals surface area contributed by atoms with Gasteiger partial charge in [-0.3, -0.25) is 4.79 Å². The van der Waals surface area contributed by atoms with E-state index in [4.69, 9.17) is 5.73 Å². The molecule has 0 atom stereocenters. The standard InChI is InChI=1S/C12H16N4O.C2H6/c1-7(11-14-6-8(2)15-11)5-10(13)16-12(17)9-3-4-9;1-2/h5-6,9H,3-4H2,1-2H3,(H,14,15)(H2,13,16,17);1-2H3/b7-5-;. The fourth-order valence-electron chi connectivity index (χ4n) is 1.48. The number of carbonyl (C=O) groups is 1. The number of imidazole rings is 1. The monoisotopic (exact) mass is 262 g/mol. The van der Waals surface area contributed by atoms with E-state index in [0.29, 0.717) is 0 Å². The van der Waals surface area contributed by atoms with Crippen LogP contribution in [-0.4, -0.2) is 21.7 Å². The summed E-state index contributed by atoms with van der Waals surface area (Å²) < 4.78 is 0. The summed E-state index contributed by atoms with van der Waals surface area (Å²) in [5.41, 5.74) is 7.54. The predicted octanol–water partition coefficient (Wildman–Crippen LogP) is 2.44. The van der Waals surface area contributed by atoms with Crippen LogP contribution in [-0.2, 0) is 4.79 Å². The molecule has 1 fully saturated rings. The number of aryl methyl sites for hydroxylation is 1. The Kier molecular flexibility index (Phi) is 5.48. The van der Waals surface area contributed by atoms with Crippen molar-refractivity contribution < 1.29 is 4.79 Å². The summed E-state index contributed by atoms with van der Waals surface area (Å²) >= 11 is 0. The van der Waals surface area contributed by atoms with Crippen LogP contribution in [0.4, 0.5) is 0 Å². The van der Waals surface area contributed by atoms with Crippen LogP contribution >= 0.6 is 0 Å². The molecule has 1 amide bonds. The smallest absolute Gasteiger partial charge is 0.250 e. The summed E-state index contributed by atoms with van der Waals surface area (Å²) in [6, 6.07) is 0. The molecule has 0 bridgehead atoms. The minimum Gasteiger partial charge on any atom is -0.384 e. The SMILES string of the molecule is C/C(=C/C(N)=NC(=O)C1CC1)c1ncc(C)[nH]1.CC. The third kappa shape index (κ3) is 4.69. The minimum absolute atomic E-state index is 0.105. The minimum atomic E-state index is -0.109. The second kappa shape index (κ2) is 6.87. The van der Waals surface area contributed by atoms with Crippen LogP contribution in [0.5, 0.6) is 0 Å². The van der Waals surface area contributed by atoms with E-state index >= 15 is 0 Å². The van der Waals surface area contributed by atoms with Crippen LogP contribution in [0.15, 0.2) is 17.3 Å². The van der Waals surface area contributed by atoms with E-state index in [1.165, 1.54) is 0 Å². The number of aromatic amines is 1. The number of hydrogen-bond donors (Lipinski definition) is 2. The number of amides is 1. The lowest BCUT2D eigenvalue weighted by atomic mass is 10.2. The maximum atomic E-state index is 11.4. The average molecular weight is 262 g/mol. The first-order valence-electron chi connectivity index (χ1n) is 6.64. The van der Waals surface area contributed by atoms with Crippen LogP contribution in [0.1, 0.15) is 45.1 Å². The molecule has 1 aromatic rings. The van der Waals surface area contributed by atoms with Crippen molar-refractivity contribution in [2.75, 3.05) is 0 Å². The maximum absolute atomic E-state index is 11.4. The number of aromatic nitrogens is 2. The number of carbonyl (C=O) groups excluding carboxylic acids is 1. The highest BCUT2D eigenvalue weighted by Crippen LogP contribution is 2.30. The molecule has 104 valence electrons. The number of hydrogen-bond acceptors (Lipinski definition) is 2. The van der Waals surface area contributed by atoms with E-state index < -0.39 is 0 Å². The Labute approximate surface area is 114 Å². The van der Waals surface area contributed by atoms with Gasteiger partial charge in [0, 0.05) is 17.8 Å². The fourth-order valence-corrected chi connectivity index (χ4v) is 1.48. The van der Waals surface area contributed by atoms with Gasteiger partial charge in [-0.25, -0.2) is 4.98 Å². The third-order valence-corrected chi connectivity index (χ3v) is 2.61. The van der Waals surface area contributed by atoms with Crippen LogP contribution in [0.3, 0.4) is 0 Å². The van der Waals surface area contributed by atoms with Gasteiger partial charge in [0.25, 0.3) is 5.91 Å². The molecule has 5 heteroatoms. The molecule has 1 heterocycles. The Morgan fingerprint density at radius 1 is 1.53 bits per heavy atom. The quantitative estimate of drug-likeness (QED) is 0.648. The molecule has 5 nitrogen and oxygen atoms in total. The molecule has 0 radical (unpaired) electrons. The van der Waals surface area contributed by atoms with Crippen molar-refractivity contribution in [3.05, 3.63) is 23.8 Å². The van der Waals surface area contributed by atoms with Crippen LogP contribution < -0.4 is 5.73 Å². The van der Waals surface area contributed by atoms with E-state index in [2.05, 4.69) is 15.0 Å². The van der Waals surface area contributed by atoms with E-state index in [1.807, 2.05) is 27.7 Å². The summed E-state index contributed by atoms with van der Waals surface area (Å²) in [5.74, 6) is 0.989. The van der Waals surface area contributed by atoms with Crippen LogP contribution in [0.25, 0.3) is 5.57 Å². The zero-order valence-corrected chi connectivity index (χ0v) is 12.0. The Morgan fingerprint density at radius 2 is 2.16 bits per heavy atom.